The van der Waals surface area contributed by atoms with Crippen LogP contribution >= 0.6 is 0 Å². The van der Waals surface area contributed by atoms with Gasteiger partial charge in [-0.3, -0.25) is 0 Å². The van der Waals surface area contributed by atoms with Gasteiger partial charge in [0, 0.05) is 17.7 Å². The standard InChI is InChI=1S/C10H14FNO3/c1-14-9-4-8(6-12-13)10(15-2)3-7(9)5-11/h3-4,12-13H,5-6H2,1-2H3. The van der Waals surface area contributed by atoms with Gasteiger partial charge in [-0.05, 0) is 12.1 Å². The Morgan fingerprint density at radius 3 is 2.20 bits per heavy atom. The summed E-state index contributed by atoms with van der Waals surface area (Å²) in [7, 11) is 2.96. The minimum Gasteiger partial charge on any atom is -0.496 e. The molecule has 1 rings (SSSR count). The van der Waals surface area contributed by atoms with Crippen LogP contribution in [-0.2, 0) is 13.2 Å². The molecule has 0 unspecified atom stereocenters. The molecule has 5 heteroatoms. The molecular weight excluding hydrogens is 201 g/mol. The Labute approximate surface area is 87.6 Å². The summed E-state index contributed by atoms with van der Waals surface area (Å²) in [4.78, 5) is 0. The van der Waals surface area contributed by atoms with Gasteiger partial charge in [-0.25, -0.2) is 9.87 Å². The average Bonchev–Trinajstić information content (AvgIpc) is 2.28. The molecule has 84 valence electrons. The van der Waals surface area contributed by atoms with E-state index in [-0.39, 0.29) is 6.54 Å². The second kappa shape index (κ2) is 5.53. The summed E-state index contributed by atoms with van der Waals surface area (Å²) in [6.07, 6.45) is 0. The fourth-order valence-electron chi connectivity index (χ4n) is 1.35. The number of methoxy groups -OCH3 is 2. The first-order valence-electron chi connectivity index (χ1n) is 4.43. The number of hydrogen-bond acceptors (Lipinski definition) is 4. The largest absolute Gasteiger partial charge is 0.496 e. The summed E-state index contributed by atoms with van der Waals surface area (Å²) in [5, 5.41) is 8.61. The van der Waals surface area contributed by atoms with Gasteiger partial charge >= 0.3 is 0 Å². The topological polar surface area (TPSA) is 50.7 Å². The van der Waals surface area contributed by atoms with Gasteiger partial charge in [0.1, 0.15) is 18.2 Å². The van der Waals surface area contributed by atoms with Gasteiger partial charge < -0.3 is 14.7 Å². The van der Waals surface area contributed by atoms with E-state index in [2.05, 4.69) is 0 Å². The monoisotopic (exact) mass is 215 g/mol. The van der Waals surface area contributed by atoms with Gasteiger partial charge in [0.05, 0.1) is 14.2 Å². The third-order valence-corrected chi connectivity index (χ3v) is 2.10. The van der Waals surface area contributed by atoms with Gasteiger partial charge in [0.2, 0.25) is 0 Å². The van der Waals surface area contributed by atoms with Crippen molar-refractivity contribution in [2.75, 3.05) is 14.2 Å². The highest BCUT2D eigenvalue weighted by Crippen LogP contribution is 2.29. The number of hydrogen-bond donors (Lipinski definition) is 2. The zero-order valence-electron chi connectivity index (χ0n) is 8.71. The molecule has 4 nitrogen and oxygen atoms in total. The molecular formula is C10H14FNO3. The number of nitrogens with one attached hydrogen (secondary N) is 1. The molecule has 0 saturated carbocycles. The van der Waals surface area contributed by atoms with E-state index in [1.54, 1.807) is 12.1 Å². The van der Waals surface area contributed by atoms with Gasteiger partial charge in [0.15, 0.2) is 0 Å². The molecule has 0 fully saturated rings. The maximum Gasteiger partial charge on any atom is 0.125 e. The molecule has 0 aliphatic heterocycles. The van der Waals surface area contributed by atoms with E-state index >= 15 is 0 Å². The van der Waals surface area contributed by atoms with Crippen LogP contribution in [0.1, 0.15) is 11.1 Å². The first-order chi connectivity index (χ1) is 7.26. The van der Waals surface area contributed by atoms with E-state index < -0.39 is 6.67 Å². The number of halogens is 1. The van der Waals surface area contributed by atoms with Gasteiger partial charge in [0.25, 0.3) is 0 Å². The molecule has 1 aromatic carbocycles. The SMILES string of the molecule is COc1cc(CNO)c(OC)cc1CF. The number of rotatable bonds is 5. The maximum absolute atomic E-state index is 12.6. The van der Waals surface area contributed by atoms with Crippen molar-refractivity contribution in [2.45, 2.75) is 13.2 Å². The molecule has 0 amide bonds. The van der Waals surface area contributed by atoms with Crippen LogP contribution in [0.4, 0.5) is 4.39 Å². The molecule has 0 aromatic heterocycles. The second-order valence-corrected chi connectivity index (χ2v) is 2.94. The van der Waals surface area contributed by atoms with Crippen LogP contribution in [0, 0.1) is 0 Å². The van der Waals surface area contributed by atoms with Gasteiger partial charge in [-0.15, -0.1) is 0 Å². The summed E-state index contributed by atoms with van der Waals surface area (Å²) in [5.41, 5.74) is 3.15. The molecule has 0 heterocycles. The van der Waals surface area contributed by atoms with Crippen LogP contribution in [0.5, 0.6) is 11.5 Å². The van der Waals surface area contributed by atoms with Crippen molar-refractivity contribution in [3.63, 3.8) is 0 Å². The smallest absolute Gasteiger partial charge is 0.125 e. The molecule has 0 aliphatic rings. The summed E-state index contributed by atoms with van der Waals surface area (Å²) in [6.45, 7) is -0.404. The van der Waals surface area contributed by atoms with Crippen molar-refractivity contribution >= 4 is 0 Å². The van der Waals surface area contributed by atoms with Crippen LogP contribution in [0.3, 0.4) is 0 Å². The van der Waals surface area contributed by atoms with Gasteiger partial charge in [-0.1, -0.05) is 0 Å². The van der Waals surface area contributed by atoms with Crippen LogP contribution in [-0.4, -0.2) is 19.4 Å². The third kappa shape index (κ3) is 2.57. The van der Waals surface area contributed by atoms with E-state index in [1.807, 2.05) is 5.48 Å². The Kier molecular flexibility index (Phi) is 4.33. The van der Waals surface area contributed by atoms with E-state index in [1.165, 1.54) is 14.2 Å². The lowest BCUT2D eigenvalue weighted by Crippen LogP contribution is -2.08. The molecule has 0 spiro atoms. The maximum atomic E-state index is 12.6. The van der Waals surface area contributed by atoms with Crippen LogP contribution in [0.15, 0.2) is 12.1 Å². The lowest BCUT2D eigenvalue weighted by atomic mass is 10.1. The zero-order valence-corrected chi connectivity index (χ0v) is 8.71. The number of benzene rings is 1. The lowest BCUT2D eigenvalue weighted by Gasteiger charge is -2.12. The molecule has 0 radical (unpaired) electrons. The lowest BCUT2D eigenvalue weighted by molar-refractivity contribution is 0.160. The van der Waals surface area contributed by atoms with E-state index in [9.17, 15) is 4.39 Å². The van der Waals surface area contributed by atoms with E-state index in [0.717, 1.165) is 0 Å². The Bertz CT molecular complexity index is 331. The number of ether oxygens (including phenoxy) is 2. The normalized spacial score (nSPS) is 10.1. The Hall–Kier alpha value is -1.33. The molecule has 2 N–H and O–H groups in total. The molecule has 0 saturated heterocycles. The molecule has 1 aromatic rings. The van der Waals surface area contributed by atoms with Crippen LogP contribution in [0.2, 0.25) is 0 Å². The second-order valence-electron chi connectivity index (χ2n) is 2.94. The van der Waals surface area contributed by atoms with Crippen LogP contribution in [0.25, 0.3) is 0 Å². The Morgan fingerprint density at radius 2 is 1.73 bits per heavy atom. The van der Waals surface area contributed by atoms with Crippen LogP contribution < -0.4 is 15.0 Å². The minimum absolute atomic E-state index is 0.214. The van der Waals surface area contributed by atoms with Crippen molar-refractivity contribution in [2.24, 2.45) is 0 Å². The third-order valence-electron chi connectivity index (χ3n) is 2.10. The highest BCUT2D eigenvalue weighted by Gasteiger charge is 2.10. The summed E-state index contributed by atoms with van der Waals surface area (Å²) in [5.74, 6) is 0.966. The first kappa shape index (κ1) is 11.7. The van der Waals surface area contributed by atoms with Gasteiger partial charge in [-0.2, -0.15) is 0 Å². The van der Waals surface area contributed by atoms with E-state index in [4.69, 9.17) is 14.7 Å². The summed E-state index contributed by atoms with van der Waals surface area (Å²) in [6, 6.07) is 3.20. The zero-order chi connectivity index (χ0) is 11.3. The highest BCUT2D eigenvalue weighted by atomic mass is 19.1. The molecule has 0 atom stereocenters. The average molecular weight is 215 g/mol. The minimum atomic E-state index is -0.619. The number of hydroxylamine groups is 1. The van der Waals surface area contributed by atoms with E-state index in [0.29, 0.717) is 22.6 Å². The fraction of sp³-hybridized carbons (Fsp3) is 0.400. The molecule has 0 bridgehead atoms. The quantitative estimate of drug-likeness (QED) is 0.733. The molecule has 15 heavy (non-hydrogen) atoms. The Balaban J connectivity index is 3.15. The number of alkyl halides is 1. The summed E-state index contributed by atoms with van der Waals surface area (Å²) >= 11 is 0. The van der Waals surface area contributed by atoms with Crippen molar-refractivity contribution in [3.8, 4) is 11.5 Å². The first-order valence-corrected chi connectivity index (χ1v) is 4.43. The van der Waals surface area contributed by atoms with Crippen molar-refractivity contribution in [3.05, 3.63) is 23.3 Å². The van der Waals surface area contributed by atoms with Crippen molar-refractivity contribution in [1.82, 2.24) is 5.48 Å². The predicted molar refractivity (Wildman–Crippen MR) is 53.0 cm³/mol. The predicted octanol–water partition coefficient (Wildman–Crippen LogP) is 1.65. The van der Waals surface area contributed by atoms with Crippen molar-refractivity contribution < 1.29 is 19.1 Å². The summed E-state index contributed by atoms with van der Waals surface area (Å²) < 4.78 is 22.7. The molecule has 0 aliphatic carbocycles. The van der Waals surface area contributed by atoms with Crippen molar-refractivity contribution in [1.29, 1.82) is 0 Å². The Morgan fingerprint density at radius 1 is 1.20 bits per heavy atom. The highest BCUT2D eigenvalue weighted by molar-refractivity contribution is 5.46. The fourth-order valence-corrected chi connectivity index (χ4v) is 1.35.